The molecule has 0 saturated heterocycles. The van der Waals surface area contributed by atoms with Crippen LogP contribution in [0.4, 0.5) is 5.69 Å². The summed E-state index contributed by atoms with van der Waals surface area (Å²) in [7, 11) is -2.00. The van der Waals surface area contributed by atoms with Crippen molar-refractivity contribution in [3.8, 4) is 0 Å². The van der Waals surface area contributed by atoms with Gasteiger partial charge in [0.15, 0.2) is 5.03 Å². The number of rotatable bonds is 6. The number of nitrogens with one attached hydrogen (secondary N) is 2. The SMILES string of the molecule is CCNc1cccnc1S(=O)(=O)NC(C)c1nncn1C. The predicted molar refractivity (Wildman–Crippen MR) is 78.1 cm³/mol. The Morgan fingerprint density at radius 1 is 1.43 bits per heavy atom. The first-order valence-corrected chi connectivity index (χ1v) is 7.99. The van der Waals surface area contributed by atoms with Crippen LogP contribution in [0.3, 0.4) is 0 Å². The average molecular weight is 310 g/mol. The van der Waals surface area contributed by atoms with Crippen molar-refractivity contribution < 1.29 is 8.42 Å². The summed E-state index contributed by atoms with van der Waals surface area (Å²) in [4.78, 5) is 3.97. The van der Waals surface area contributed by atoms with Crippen molar-refractivity contribution in [1.82, 2.24) is 24.5 Å². The number of anilines is 1. The summed E-state index contributed by atoms with van der Waals surface area (Å²) in [6.45, 7) is 4.20. The number of aryl methyl sites for hydroxylation is 1. The van der Waals surface area contributed by atoms with Gasteiger partial charge in [-0.25, -0.2) is 13.4 Å². The summed E-state index contributed by atoms with van der Waals surface area (Å²) in [6, 6.07) is 2.85. The second kappa shape index (κ2) is 6.19. The molecule has 2 aromatic rings. The van der Waals surface area contributed by atoms with Crippen LogP contribution in [-0.2, 0) is 17.1 Å². The Morgan fingerprint density at radius 2 is 2.19 bits per heavy atom. The fourth-order valence-electron chi connectivity index (χ4n) is 1.96. The van der Waals surface area contributed by atoms with Crippen LogP contribution in [0.25, 0.3) is 0 Å². The van der Waals surface area contributed by atoms with Crippen LogP contribution < -0.4 is 10.0 Å². The van der Waals surface area contributed by atoms with E-state index >= 15 is 0 Å². The van der Waals surface area contributed by atoms with Gasteiger partial charge < -0.3 is 9.88 Å². The highest BCUT2D eigenvalue weighted by molar-refractivity contribution is 7.89. The first kappa shape index (κ1) is 15.4. The number of sulfonamides is 1. The van der Waals surface area contributed by atoms with E-state index in [-0.39, 0.29) is 5.03 Å². The van der Waals surface area contributed by atoms with E-state index in [0.717, 1.165) is 0 Å². The van der Waals surface area contributed by atoms with Gasteiger partial charge in [0, 0.05) is 19.8 Å². The minimum atomic E-state index is -3.76. The molecule has 0 aliphatic rings. The molecule has 114 valence electrons. The van der Waals surface area contributed by atoms with Crippen LogP contribution in [0, 0.1) is 0 Å². The summed E-state index contributed by atoms with van der Waals surface area (Å²) in [5, 5.41) is 10.6. The second-order valence-electron chi connectivity index (χ2n) is 4.53. The Morgan fingerprint density at radius 3 is 2.81 bits per heavy atom. The van der Waals surface area contributed by atoms with Crippen molar-refractivity contribution >= 4 is 15.7 Å². The van der Waals surface area contributed by atoms with E-state index in [0.29, 0.717) is 18.1 Å². The third-order valence-corrected chi connectivity index (χ3v) is 4.36. The normalized spacial score (nSPS) is 13.1. The molecule has 2 aromatic heterocycles. The number of pyridine rings is 1. The maximum Gasteiger partial charge on any atom is 0.260 e. The van der Waals surface area contributed by atoms with Crippen molar-refractivity contribution in [2.75, 3.05) is 11.9 Å². The third kappa shape index (κ3) is 3.37. The predicted octanol–water partition coefficient (Wildman–Crippen LogP) is 0.681. The second-order valence-corrected chi connectivity index (χ2v) is 6.16. The molecule has 0 aromatic carbocycles. The molecule has 9 heteroatoms. The zero-order chi connectivity index (χ0) is 15.5. The Hall–Kier alpha value is -2.00. The zero-order valence-electron chi connectivity index (χ0n) is 12.1. The molecule has 0 bridgehead atoms. The Labute approximate surface area is 123 Å². The molecule has 0 spiro atoms. The minimum Gasteiger partial charge on any atom is -0.383 e. The smallest absolute Gasteiger partial charge is 0.260 e. The van der Waals surface area contributed by atoms with Gasteiger partial charge in [-0.05, 0) is 26.0 Å². The molecule has 0 saturated carbocycles. The van der Waals surface area contributed by atoms with Gasteiger partial charge >= 0.3 is 0 Å². The van der Waals surface area contributed by atoms with Crippen LogP contribution in [-0.4, -0.2) is 34.7 Å². The van der Waals surface area contributed by atoms with Crippen LogP contribution in [0.15, 0.2) is 29.7 Å². The van der Waals surface area contributed by atoms with Gasteiger partial charge in [0.1, 0.15) is 12.2 Å². The number of aromatic nitrogens is 4. The van der Waals surface area contributed by atoms with Crippen LogP contribution in [0.1, 0.15) is 25.7 Å². The van der Waals surface area contributed by atoms with Gasteiger partial charge in [0.25, 0.3) is 10.0 Å². The first-order valence-electron chi connectivity index (χ1n) is 6.50. The molecular weight excluding hydrogens is 292 g/mol. The van der Waals surface area contributed by atoms with E-state index in [4.69, 9.17) is 0 Å². The molecule has 2 N–H and O–H groups in total. The lowest BCUT2D eigenvalue weighted by Crippen LogP contribution is -2.29. The first-order chi connectivity index (χ1) is 9.95. The molecule has 21 heavy (non-hydrogen) atoms. The largest absolute Gasteiger partial charge is 0.383 e. The van der Waals surface area contributed by atoms with Crippen LogP contribution in [0.2, 0.25) is 0 Å². The van der Waals surface area contributed by atoms with E-state index in [2.05, 4.69) is 25.2 Å². The van der Waals surface area contributed by atoms with Gasteiger partial charge in [0.2, 0.25) is 0 Å². The third-order valence-electron chi connectivity index (χ3n) is 2.86. The molecule has 1 atom stereocenters. The standard InChI is InChI=1S/C12H18N6O2S/c1-4-13-10-6-5-7-14-12(10)21(19,20)17-9(2)11-16-15-8-18(11)3/h5-9,13,17H,4H2,1-3H3. The van der Waals surface area contributed by atoms with Crippen molar-refractivity contribution in [2.24, 2.45) is 7.05 Å². The number of nitrogens with zero attached hydrogens (tertiary/aromatic N) is 4. The lowest BCUT2D eigenvalue weighted by atomic mass is 10.3. The van der Waals surface area contributed by atoms with Crippen LogP contribution in [0.5, 0.6) is 0 Å². The van der Waals surface area contributed by atoms with Gasteiger partial charge in [-0.3, -0.25) is 0 Å². The molecule has 0 aliphatic heterocycles. The maximum absolute atomic E-state index is 12.5. The Balaban J connectivity index is 2.29. The molecule has 0 radical (unpaired) electrons. The minimum absolute atomic E-state index is 0.0270. The highest BCUT2D eigenvalue weighted by atomic mass is 32.2. The molecule has 8 nitrogen and oxygen atoms in total. The fourth-order valence-corrected chi connectivity index (χ4v) is 3.27. The average Bonchev–Trinajstić information content (AvgIpc) is 2.85. The highest BCUT2D eigenvalue weighted by Crippen LogP contribution is 2.20. The van der Waals surface area contributed by atoms with Crippen molar-refractivity contribution in [2.45, 2.75) is 24.9 Å². The van der Waals surface area contributed by atoms with Gasteiger partial charge in [-0.2, -0.15) is 4.72 Å². The maximum atomic E-state index is 12.5. The summed E-state index contributed by atoms with van der Waals surface area (Å²) in [5.74, 6) is 0.527. The summed E-state index contributed by atoms with van der Waals surface area (Å²) >= 11 is 0. The lowest BCUT2D eigenvalue weighted by molar-refractivity contribution is 0.550. The summed E-state index contributed by atoms with van der Waals surface area (Å²) < 4.78 is 29.2. The quantitative estimate of drug-likeness (QED) is 0.813. The lowest BCUT2D eigenvalue weighted by Gasteiger charge is -2.15. The molecular formula is C12H18N6O2S. The van der Waals surface area contributed by atoms with E-state index < -0.39 is 16.1 Å². The number of hydrogen-bond donors (Lipinski definition) is 2. The fraction of sp³-hybridized carbons (Fsp3) is 0.417. The summed E-state index contributed by atoms with van der Waals surface area (Å²) in [6.07, 6.45) is 2.97. The van der Waals surface area contributed by atoms with Crippen molar-refractivity contribution in [3.05, 3.63) is 30.5 Å². The van der Waals surface area contributed by atoms with Gasteiger partial charge in [-0.1, -0.05) is 0 Å². The Bertz CT molecular complexity index is 712. The van der Waals surface area contributed by atoms with Crippen molar-refractivity contribution in [3.63, 3.8) is 0 Å². The zero-order valence-corrected chi connectivity index (χ0v) is 12.9. The highest BCUT2D eigenvalue weighted by Gasteiger charge is 2.24. The van der Waals surface area contributed by atoms with Gasteiger partial charge in [0.05, 0.1) is 11.7 Å². The molecule has 0 amide bonds. The van der Waals surface area contributed by atoms with Crippen LogP contribution >= 0.6 is 0 Å². The van der Waals surface area contributed by atoms with Gasteiger partial charge in [-0.15, -0.1) is 10.2 Å². The van der Waals surface area contributed by atoms with E-state index in [1.807, 2.05) is 6.92 Å². The van der Waals surface area contributed by atoms with E-state index in [1.165, 1.54) is 12.5 Å². The molecule has 2 heterocycles. The van der Waals surface area contributed by atoms with E-state index in [9.17, 15) is 8.42 Å². The molecule has 0 fully saturated rings. The molecule has 2 rings (SSSR count). The molecule has 0 aliphatic carbocycles. The summed E-state index contributed by atoms with van der Waals surface area (Å²) in [5.41, 5.74) is 0.470. The van der Waals surface area contributed by atoms with Crippen molar-refractivity contribution in [1.29, 1.82) is 0 Å². The Kier molecular flexibility index (Phi) is 4.53. The number of hydrogen-bond acceptors (Lipinski definition) is 6. The topological polar surface area (TPSA) is 102 Å². The monoisotopic (exact) mass is 310 g/mol. The molecule has 1 unspecified atom stereocenters. The van der Waals surface area contributed by atoms with E-state index in [1.54, 1.807) is 30.7 Å².